The highest BCUT2D eigenvalue weighted by atomic mass is 79.9. The Bertz CT molecular complexity index is 337. The Morgan fingerprint density at radius 3 is 2.38 bits per heavy atom. The van der Waals surface area contributed by atoms with Gasteiger partial charge in [0.15, 0.2) is 6.29 Å². The fourth-order valence-electron chi connectivity index (χ4n) is 0.791. The van der Waals surface area contributed by atoms with Gasteiger partial charge in [0.05, 0.1) is 5.56 Å². The highest BCUT2D eigenvalue weighted by molar-refractivity contribution is 9.10. The van der Waals surface area contributed by atoms with Crippen LogP contribution in [0.4, 0.5) is 13.2 Å². The quantitative estimate of drug-likeness (QED) is 0.721. The predicted molar refractivity (Wildman–Crippen MR) is 42.3 cm³/mol. The lowest BCUT2D eigenvalue weighted by Crippen LogP contribution is -2.09. The molecule has 0 bridgehead atoms. The van der Waals surface area contributed by atoms with Crippen LogP contribution in [0, 0.1) is 0 Å². The highest BCUT2D eigenvalue weighted by Gasteiger charge is 2.34. The second-order valence-electron chi connectivity index (χ2n) is 2.20. The molecule has 0 aliphatic heterocycles. The number of nitrogens with zero attached hydrogens (tertiary/aromatic N) is 1. The van der Waals surface area contributed by atoms with Crippen LogP contribution >= 0.6 is 15.9 Å². The number of aldehydes is 1. The normalized spacial score (nSPS) is 11.4. The number of alkyl halides is 3. The molecule has 13 heavy (non-hydrogen) atoms. The van der Waals surface area contributed by atoms with Crippen molar-refractivity contribution in [3.05, 3.63) is 28.0 Å². The van der Waals surface area contributed by atoms with Crippen molar-refractivity contribution in [3.8, 4) is 0 Å². The number of halogens is 4. The van der Waals surface area contributed by atoms with Gasteiger partial charge in [-0.25, -0.2) is 0 Å². The largest absolute Gasteiger partial charge is 0.418 e. The number of hydrogen-bond acceptors (Lipinski definition) is 2. The standard InChI is InChI=1S/C7H3BrF3NO/c8-6-2-12-1-5(4(6)3-13)7(9,10)11/h1-3H. The molecular formula is C7H3BrF3NO. The zero-order valence-electron chi connectivity index (χ0n) is 6.10. The predicted octanol–water partition coefficient (Wildman–Crippen LogP) is 2.68. The molecule has 0 aliphatic rings. The van der Waals surface area contributed by atoms with Crippen molar-refractivity contribution in [1.29, 1.82) is 0 Å². The Labute approximate surface area is 79.9 Å². The Balaban J connectivity index is 3.37. The summed E-state index contributed by atoms with van der Waals surface area (Å²) in [4.78, 5) is 13.7. The summed E-state index contributed by atoms with van der Waals surface area (Å²) in [5, 5.41) is 0. The van der Waals surface area contributed by atoms with E-state index in [4.69, 9.17) is 0 Å². The molecule has 70 valence electrons. The molecule has 0 fully saturated rings. The Kier molecular flexibility index (Phi) is 2.70. The van der Waals surface area contributed by atoms with Crippen molar-refractivity contribution in [2.24, 2.45) is 0 Å². The smallest absolute Gasteiger partial charge is 0.298 e. The van der Waals surface area contributed by atoms with Crippen molar-refractivity contribution in [2.45, 2.75) is 6.18 Å². The van der Waals surface area contributed by atoms with Gasteiger partial charge in [0, 0.05) is 22.4 Å². The Hall–Kier alpha value is -0.910. The van der Waals surface area contributed by atoms with Gasteiger partial charge in [-0.2, -0.15) is 13.2 Å². The second kappa shape index (κ2) is 3.45. The number of hydrogen-bond donors (Lipinski definition) is 0. The van der Waals surface area contributed by atoms with Gasteiger partial charge in [0.25, 0.3) is 0 Å². The number of aromatic nitrogens is 1. The number of carbonyl (C=O) groups is 1. The van der Waals surface area contributed by atoms with E-state index in [1.807, 2.05) is 0 Å². The molecule has 0 saturated carbocycles. The van der Waals surface area contributed by atoms with Crippen LogP contribution in [0.3, 0.4) is 0 Å². The van der Waals surface area contributed by atoms with E-state index in [2.05, 4.69) is 20.9 Å². The molecule has 1 heterocycles. The number of pyridine rings is 1. The fraction of sp³-hybridized carbons (Fsp3) is 0.143. The molecule has 0 amide bonds. The Morgan fingerprint density at radius 1 is 1.38 bits per heavy atom. The summed E-state index contributed by atoms with van der Waals surface area (Å²) >= 11 is 2.81. The average Bonchev–Trinajstić information content (AvgIpc) is 2.02. The molecule has 0 unspecified atom stereocenters. The maximum Gasteiger partial charge on any atom is 0.418 e. The SMILES string of the molecule is O=Cc1c(Br)cncc1C(F)(F)F. The van der Waals surface area contributed by atoms with Crippen molar-refractivity contribution < 1.29 is 18.0 Å². The molecule has 0 aliphatic carbocycles. The van der Waals surface area contributed by atoms with Crippen molar-refractivity contribution >= 4 is 22.2 Å². The van der Waals surface area contributed by atoms with E-state index < -0.39 is 17.3 Å². The lowest BCUT2D eigenvalue weighted by Gasteiger charge is -2.08. The summed E-state index contributed by atoms with van der Waals surface area (Å²) in [6, 6.07) is 0. The highest BCUT2D eigenvalue weighted by Crippen LogP contribution is 2.33. The van der Waals surface area contributed by atoms with Crippen molar-refractivity contribution in [1.82, 2.24) is 4.98 Å². The van der Waals surface area contributed by atoms with Gasteiger partial charge >= 0.3 is 6.18 Å². The van der Waals surface area contributed by atoms with E-state index in [1.54, 1.807) is 0 Å². The van der Waals surface area contributed by atoms with Gasteiger partial charge in [-0.15, -0.1) is 0 Å². The van der Waals surface area contributed by atoms with E-state index >= 15 is 0 Å². The van der Waals surface area contributed by atoms with Gasteiger partial charge < -0.3 is 0 Å². The summed E-state index contributed by atoms with van der Waals surface area (Å²) in [5.41, 5.74) is -1.46. The van der Waals surface area contributed by atoms with Crippen molar-refractivity contribution in [3.63, 3.8) is 0 Å². The summed E-state index contributed by atoms with van der Waals surface area (Å²) in [6.07, 6.45) is -2.64. The third kappa shape index (κ3) is 2.06. The van der Waals surface area contributed by atoms with Crippen LogP contribution < -0.4 is 0 Å². The molecule has 6 heteroatoms. The molecule has 1 aromatic heterocycles. The molecule has 0 radical (unpaired) electrons. The average molecular weight is 254 g/mol. The van der Waals surface area contributed by atoms with E-state index in [0.29, 0.717) is 6.20 Å². The van der Waals surface area contributed by atoms with E-state index in [9.17, 15) is 18.0 Å². The molecule has 0 aromatic carbocycles. The molecule has 1 aromatic rings. The van der Waals surface area contributed by atoms with Crippen LogP contribution in [-0.2, 0) is 6.18 Å². The molecule has 0 saturated heterocycles. The monoisotopic (exact) mass is 253 g/mol. The summed E-state index contributed by atoms with van der Waals surface area (Å²) in [6.45, 7) is 0. The first-order valence-corrected chi connectivity index (χ1v) is 3.92. The third-order valence-electron chi connectivity index (χ3n) is 1.36. The molecular weight excluding hydrogens is 251 g/mol. The molecule has 0 atom stereocenters. The summed E-state index contributed by atoms with van der Waals surface area (Å²) in [7, 11) is 0. The van der Waals surface area contributed by atoms with Crippen LogP contribution in [-0.4, -0.2) is 11.3 Å². The topological polar surface area (TPSA) is 30.0 Å². The minimum Gasteiger partial charge on any atom is -0.298 e. The van der Waals surface area contributed by atoms with Crippen LogP contribution in [0.5, 0.6) is 0 Å². The fourth-order valence-corrected chi connectivity index (χ4v) is 1.22. The first-order valence-electron chi connectivity index (χ1n) is 3.12. The summed E-state index contributed by atoms with van der Waals surface area (Å²) in [5.74, 6) is 0. The molecule has 2 nitrogen and oxygen atoms in total. The lowest BCUT2D eigenvalue weighted by atomic mass is 10.1. The molecule has 0 N–H and O–H groups in total. The first-order chi connectivity index (χ1) is 5.96. The van der Waals surface area contributed by atoms with Crippen LogP contribution in [0.1, 0.15) is 15.9 Å². The third-order valence-corrected chi connectivity index (χ3v) is 1.99. The van der Waals surface area contributed by atoms with Crippen LogP contribution in [0.15, 0.2) is 16.9 Å². The van der Waals surface area contributed by atoms with Crippen LogP contribution in [0.2, 0.25) is 0 Å². The number of rotatable bonds is 1. The molecule has 1 rings (SSSR count). The minimum atomic E-state index is -4.55. The zero-order valence-corrected chi connectivity index (χ0v) is 7.69. The van der Waals surface area contributed by atoms with Gasteiger partial charge in [0.1, 0.15) is 0 Å². The van der Waals surface area contributed by atoms with E-state index in [-0.39, 0.29) is 10.8 Å². The molecule has 0 spiro atoms. The first kappa shape index (κ1) is 10.2. The zero-order chi connectivity index (χ0) is 10.1. The van der Waals surface area contributed by atoms with Gasteiger partial charge in [-0.05, 0) is 15.9 Å². The lowest BCUT2D eigenvalue weighted by molar-refractivity contribution is -0.138. The number of carbonyl (C=O) groups excluding carboxylic acids is 1. The van der Waals surface area contributed by atoms with Gasteiger partial charge in [-0.3, -0.25) is 9.78 Å². The van der Waals surface area contributed by atoms with Crippen molar-refractivity contribution in [2.75, 3.05) is 0 Å². The maximum absolute atomic E-state index is 12.2. The van der Waals surface area contributed by atoms with Gasteiger partial charge in [-0.1, -0.05) is 0 Å². The minimum absolute atomic E-state index is 0.0392. The van der Waals surface area contributed by atoms with E-state index in [1.165, 1.54) is 0 Å². The van der Waals surface area contributed by atoms with Crippen LogP contribution in [0.25, 0.3) is 0 Å². The van der Waals surface area contributed by atoms with E-state index in [0.717, 1.165) is 6.20 Å². The van der Waals surface area contributed by atoms with Gasteiger partial charge in [0.2, 0.25) is 0 Å². The summed E-state index contributed by atoms with van der Waals surface area (Å²) < 4.78 is 36.6. The Morgan fingerprint density at radius 2 is 2.00 bits per heavy atom. The maximum atomic E-state index is 12.2. The second-order valence-corrected chi connectivity index (χ2v) is 3.05.